The molecule has 0 aromatic carbocycles. The molecule has 2 aliphatic carbocycles. The molecule has 0 saturated heterocycles. The first-order valence-corrected chi connectivity index (χ1v) is 9.17. The van der Waals surface area contributed by atoms with E-state index in [0.29, 0.717) is 11.8 Å². The van der Waals surface area contributed by atoms with Crippen LogP contribution in [0.25, 0.3) is 0 Å². The Morgan fingerprint density at radius 2 is 2.04 bits per heavy atom. The normalized spacial score (nSPS) is 23.5. The lowest BCUT2D eigenvalue weighted by Crippen LogP contribution is -2.24. The highest BCUT2D eigenvalue weighted by molar-refractivity contribution is 5.97. The monoisotopic (exact) mass is 333 g/mol. The first kappa shape index (κ1) is 18.8. The quantitative estimate of drug-likeness (QED) is 0.410. The molecule has 24 heavy (non-hydrogen) atoms. The van der Waals surface area contributed by atoms with Gasteiger partial charge in [-0.05, 0) is 56.4 Å². The second kappa shape index (κ2) is 9.05. The van der Waals surface area contributed by atoms with Gasteiger partial charge in [-0.1, -0.05) is 26.0 Å². The molecule has 0 spiro atoms. The van der Waals surface area contributed by atoms with Gasteiger partial charge in [0.15, 0.2) is 0 Å². The molecule has 4 heteroatoms. The largest absolute Gasteiger partial charge is 0.474 e. The van der Waals surface area contributed by atoms with E-state index >= 15 is 0 Å². The summed E-state index contributed by atoms with van der Waals surface area (Å²) in [4.78, 5) is 16.1. The molecule has 0 amide bonds. The van der Waals surface area contributed by atoms with Crippen LogP contribution in [0.5, 0.6) is 0 Å². The molecule has 2 rings (SSSR count). The molecule has 0 heterocycles. The molecule has 0 aromatic rings. The van der Waals surface area contributed by atoms with E-state index in [4.69, 9.17) is 9.47 Å². The van der Waals surface area contributed by atoms with Gasteiger partial charge in [0.25, 0.3) is 0 Å². The van der Waals surface area contributed by atoms with E-state index in [0.717, 1.165) is 37.7 Å². The summed E-state index contributed by atoms with van der Waals surface area (Å²) in [5.41, 5.74) is 2.09. The third-order valence-corrected chi connectivity index (χ3v) is 5.20. The van der Waals surface area contributed by atoms with E-state index in [-0.39, 0.29) is 18.0 Å². The van der Waals surface area contributed by atoms with Gasteiger partial charge in [-0.2, -0.15) is 0 Å². The molecule has 4 nitrogen and oxygen atoms in total. The third kappa shape index (κ3) is 4.71. The van der Waals surface area contributed by atoms with Crippen molar-refractivity contribution in [1.82, 2.24) is 0 Å². The Labute approximate surface area is 146 Å². The average Bonchev–Trinajstić information content (AvgIpc) is 3.07. The van der Waals surface area contributed by atoms with Gasteiger partial charge < -0.3 is 9.47 Å². The van der Waals surface area contributed by atoms with E-state index in [1.165, 1.54) is 31.9 Å². The van der Waals surface area contributed by atoms with Crippen LogP contribution in [0.3, 0.4) is 0 Å². The molecule has 0 bridgehead atoms. The van der Waals surface area contributed by atoms with Crippen molar-refractivity contribution in [3.05, 3.63) is 23.8 Å². The molecule has 1 fully saturated rings. The Hall–Kier alpha value is -1.58. The van der Waals surface area contributed by atoms with Gasteiger partial charge >= 0.3 is 5.97 Å². The van der Waals surface area contributed by atoms with Crippen molar-refractivity contribution in [1.29, 1.82) is 0 Å². The van der Waals surface area contributed by atoms with Crippen LogP contribution in [-0.4, -0.2) is 32.1 Å². The molecule has 2 aliphatic rings. The highest BCUT2D eigenvalue weighted by Crippen LogP contribution is 2.36. The Bertz CT molecular complexity index is 515. The van der Waals surface area contributed by atoms with Crippen LogP contribution in [0.15, 0.2) is 28.8 Å². The molecule has 0 N–H and O–H groups in total. The van der Waals surface area contributed by atoms with Crippen LogP contribution in [0.1, 0.15) is 58.3 Å². The number of rotatable bonds is 6. The second-order valence-corrected chi connectivity index (χ2v) is 6.98. The van der Waals surface area contributed by atoms with Gasteiger partial charge in [0, 0.05) is 12.6 Å². The molecular formula is C20H31NO3. The number of aliphatic imine (C=N–C) groups is 1. The van der Waals surface area contributed by atoms with Crippen molar-refractivity contribution in [3.8, 4) is 0 Å². The van der Waals surface area contributed by atoms with E-state index in [2.05, 4.69) is 17.6 Å². The van der Waals surface area contributed by atoms with Crippen LogP contribution in [-0.2, 0) is 14.3 Å². The van der Waals surface area contributed by atoms with Crippen LogP contribution in [0.4, 0.5) is 0 Å². The molecule has 1 unspecified atom stereocenters. The molecule has 1 saturated carbocycles. The number of nitrogens with zero attached hydrogens (tertiary/aromatic N) is 1. The topological polar surface area (TPSA) is 47.9 Å². The van der Waals surface area contributed by atoms with Crippen molar-refractivity contribution in [2.75, 3.05) is 14.2 Å². The zero-order chi connectivity index (χ0) is 17.5. The minimum Gasteiger partial charge on any atom is -0.474 e. The molecule has 0 aromatic heterocycles. The lowest BCUT2D eigenvalue weighted by atomic mass is 9.87. The summed E-state index contributed by atoms with van der Waals surface area (Å²) < 4.78 is 11.0. The lowest BCUT2D eigenvalue weighted by molar-refractivity contribution is -0.145. The predicted molar refractivity (Wildman–Crippen MR) is 97.1 cm³/mol. The fourth-order valence-electron chi connectivity index (χ4n) is 3.82. The fourth-order valence-corrected chi connectivity index (χ4v) is 3.82. The minimum absolute atomic E-state index is 0.101. The number of allylic oxidation sites excluding steroid dienone is 1. The maximum Gasteiger partial charge on any atom is 0.308 e. The number of carbonyl (C=O) groups is 1. The van der Waals surface area contributed by atoms with Crippen LogP contribution < -0.4 is 0 Å². The van der Waals surface area contributed by atoms with Crippen LogP contribution in [0.2, 0.25) is 0 Å². The zero-order valence-corrected chi connectivity index (χ0v) is 15.3. The SMILES string of the molecule is C=C(C1=CCC[C@@H]1CC(C)C(=O)OC)/C(=N\C)OC1CCCCC1. The standard InChI is InChI=1S/C20H31NO3/c1-14(20(22)23-4)13-16-9-8-12-18(16)15(2)19(21-3)24-17-10-6-5-7-11-17/h12,14,16-17H,2,5-11,13H2,1,3-4H3/b21-19+/t14?,16-/m1/s1. The van der Waals surface area contributed by atoms with Crippen LogP contribution in [0, 0.1) is 11.8 Å². The zero-order valence-electron chi connectivity index (χ0n) is 15.3. The molecule has 0 aliphatic heterocycles. The third-order valence-electron chi connectivity index (χ3n) is 5.20. The van der Waals surface area contributed by atoms with Gasteiger partial charge in [-0.15, -0.1) is 0 Å². The van der Waals surface area contributed by atoms with Gasteiger partial charge in [0.1, 0.15) is 6.10 Å². The van der Waals surface area contributed by atoms with Crippen molar-refractivity contribution in [2.24, 2.45) is 16.8 Å². The van der Waals surface area contributed by atoms with Gasteiger partial charge in [0.2, 0.25) is 5.90 Å². The smallest absolute Gasteiger partial charge is 0.308 e. The van der Waals surface area contributed by atoms with Gasteiger partial charge in [-0.3, -0.25) is 9.79 Å². The molecule has 0 radical (unpaired) electrons. The number of hydrogen-bond donors (Lipinski definition) is 0. The Balaban J connectivity index is 1.99. The highest BCUT2D eigenvalue weighted by Gasteiger charge is 2.29. The highest BCUT2D eigenvalue weighted by atomic mass is 16.5. The van der Waals surface area contributed by atoms with Crippen molar-refractivity contribution < 1.29 is 14.3 Å². The Morgan fingerprint density at radius 1 is 1.33 bits per heavy atom. The number of carbonyl (C=O) groups excluding carboxylic acids is 1. The fraction of sp³-hybridized carbons (Fsp3) is 0.700. The van der Waals surface area contributed by atoms with Gasteiger partial charge in [0.05, 0.1) is 13.0 Å². The predicted octanol–water partition coefficient (Wildman–Crippen LogP) is 4.46. The van der Waals surface area contributed by atoms with Gasteiger partial charge in [-0.25, -0.2) is 0 Å². The average molecular weight is 333 g/mol. The van der Waals surface area contributed by atoms with Crippen molar-refractivity contribution >= 4 is 11.9 Å². The van der Waals surface area contributed by atoms with E-state index in [9.17, 15) is 4.79 Å². The summed E-state index contributed by atoms with van der Waals surface area (Å²) >= 11 is 0. The first-order chi connectivity index (χ1) is 11.6. The summed E-state index contributed by atoms with van der Waals surface area (Å²) in [6.07, 6.45) is 11.3. The molecule has 134 valence electrons. The summed E-state index contributed by atoms with van der Waals surface area (Å²) in [5, 5.41) is 0. The van der Waals surface area contributed by atoms with Crippen LogP contribution >= 0.6 is 0 Å². The number of ether oxygens (including phenoxy) is 2. The molecule has 2 atom stereocenters. The first-order valence-electron chi connectivity index (χ1n) is 9.17. The number of esters is 1. The maximum atomic E-state index is 11.7. The van der Waals surface area contributed by atoms with Crippen molar-refractivity contribution in [2.45, 2.75) is 64.4 Å². The number of hydrogen-bond acceptors (Lipinski definition) is 4. The summed E-state index contributed by atoms with van der Waals surface area (Å²) in [5.74, 6) is 0.759. The summed E-state index contributed by atoms with van der Waals surface area (Å²) in [6.45, 7) is 6.18. The lowest BCUT2D eigenvalue weighted by Gasteiger charge is -2.26. The summed E-state index contributed by atoms with van der Waals surface area (Å²) in [6, 6.07) is 0. The van der Waals surface area contributed by atoms with E-state index in [1.807, 2.05) is 6.92 Å². The number of methoxy groups -OCH3 is 1. The minimum atomic E-state index is -0.144. The second-order valence-electron chi connectivity index (χ2n) is 6.98. The van der Waals surface area contributed by atoms with E-state index < -0.39 is 0 Å². The van der Waals surface area contributed by atoms with E-state index in [1.54, 1.807) is 7.05 Å². The Kier molecular flexibility index (Phi) is 7.07. The Morgan fingerprint density at radius 3 is 2.67 bits per heavy atom. The molecular weight excluding hydrogens is 302 g/mol. The maximum absolute atomic E-state index is 11.7. The summed E-state index contributed by atoms with van der Waals surface area (Å²) in [7, 11) is 3.22. The van der Waals surface area contributed by atoms with Crippen molar-refractivity contribution in [3.63, 3.8) is 0 Å².